The van der Waals surface area contributed by atoms with E-state index in [1.165, 1.54) is 12.8 Å². The minimum atomic E-state index is -0.207. The third kappa shape index (κ3) is 4.40. The van der Waals surface area contributed by atoms with E-state index in [4.69, 9.17) is 0 Å². The van der Waals surface area contributed by atoms with Crippen molar-refractivity contribution in [2.45, 2.75) is 64.8 Å². The van der Waals surface area contributed by atoms with Gasteiger partial charge < -0.3 is 10.6 Å². The zero-order valence-electron chi connectivity index (χ0n) is 16.1. The number of rotatable bonds is 4. The summed E-state index contributed by atoms with van der Waals surface area (Å²) in [7, 11) is 0. The van der Waals surface area contributed by atoms with Gasteiger partial charge in [-0.1, -0.05) is 51.8 Å². The molecule has 1 aromatic carbocycles. The minimum Gasteiger partial charge on any atom is -0.351 e. The summed E-state index contributed by atoms with van der Waals surface area (Å²) in [5.41, 5.74) is 3.05. The number of aromatic nitrogens is 2. The van der Waals surface area contributed by atoms with E-state index in [1.54, 1.807) is 6.07 Å². The smallest absolute Gasteiger partial charge is 0.274 e. The van der Waals surface area contributed by atoms with Crippen LogP contribution in [0, 0.1) is 6.92 Å². The fourth-order valence-electron chi connectivity index (χ4n) is 3.43. The highest BCUT2D eigenvalue weighted by Gasteiger charge is 2.20. The Balaban J connectivity index is 1.81. The van der Waals surface area contributed by atoms with Gasteiger partial charge in [-0.3, -0.25) is 4.79 Å². The molecule has 5 nitrogen and oxygen atoms in total. The second kappa shape index (κ2) is 7.44. The third-order valence-corrected chi connectivity index (χ3v) is 4.76. The average Bonchev–Trinajstić information content (AvgIpc) is 3.06. The van der Waals surface area contributed by atoms with Crippen molar-refractivity contribution in [1.29, 1.82) is 0 Å². The Morgan fingerprint density at radius 2 is 1.81 bits per heavy atom. The standard InChI is InChI=1S/C21H28N4O/c1-14-13-18(25-20(22-14)23-15-9-5-6-10-15)19(26)24-17-12-8-7-11-16(17)21(2,3)4/h7-8,11-13,15H,5-6,9-10H2,1-4H3,(H,24,26)(H,22,23,25). The Hall–Kier alpha value is -2.43. The molecular formula is C21H28N4O. The van der Waals surface area contributed by atoms with E-state index in [0.29, 0.717) is 17.7 Å². The van der Waals surface area contributed by atoms with E-state index in [0.717, 1.165) is 29.8 Å². The normalized spacial score (nSPS) is 15.1. The van der Waals surface area contributed by atoms with Crippen LogP contribution in [0.5, 0.6) is 0 Å². The third-order valence-electron chi connectivity index (χ3n) is 4.76. The molecular weight excluding hydrogens is 324 g/mol. The van der Waals surface area contributed by atoms with Crippen LogP contribution in [0.25, 0.3) is 0 Å². The van der Waals surface area contributed by atoms with Crippen molar-refractivity contribution in [2.24, 2.45) is 0 Å². The van der Waals surface area contributed by atoms with Crippen molar-refractivity contribution in [3.63, 3.8) is 0 Å². The first kappa shape index (κ1) is 18.4. The van der Waals surface area contributed by atoms with E-state index < -0.39 is 0 Å². The van der Waals surface area contributed by atoms with Crippen LogP contribution in [0.2, 0.25) is 0 Å². The molecule has 0 spiro atoms. The zero-order chi connectivity index (χ0) is 18.7. The van der Waals surface area contributed by atoms with Gasteiger partial charge in [0.15, 0.2) is 0 Å². The molecule has 0 bridgehead atoms. The molecule has 26 heavy (non-hydrogen) atoms. The molecule has 1 saturated carbocycles. The number of aryl methyl sites for hydroxylation is 1. The van der Waals surface area contributed by atoms with Gasteiger partial charge in [0.1, 0.15) is 5.69 Å². The van der Waals surface area contributed by atoms with Crippen LogP contribution in [0.4, 0.5) is 11.6 Å². The lowest BCUT2D eigenvalue weighted by Gasteiger charge is -2.23. The van der Waals surface area contributed by atoms with Crippen molar-refractivity contribution < 1.29 is 4.79 Å². The topological polar surface area (TPSA) is 66.9 Å². The molecule has 1 heterocycles. The fraction of sp³-hybridized carbons (Fsp3) is 0.476. The molecule has 5 heteroatoms. The zero-order valence-corrected chi connectivity index (χ0v) is 16.1. The van der Waals surface area contributed by atoms with Gasteiger partial charge in [-0.15, -0.1) is 0 Å². The number of benzene rings is 1. The molecule has 1 aliphatic rings. The van der Waals surface area contributed by atoms with E-state index in [9.17, 15) is 4.79 Å². The monoisotopic (exact) mass is 352 g/mol. The predicted molar refractivity (Wildman–Crippen MR) is 106 cm³/mol. The molecule has 2 N–H and O–H groups in total. The molecule has 1 aromatic heterocycles. The summed E-state index contributed by atoms with van der Waals surface area (Å²) in [5, 5.41) is 6.40. The average molecular weight is 352 g/mol. The second-order valence-corrected chi connectivity index (χ2v) is 8.09. The van der Waals surface area contributed by atoms with Crippen LogP contribution in [-0.2, 0) is 5.41 Å². The number of hydrogen-bond donors (Lipinski definition) is 2. The van der Waals surface area contributed by atoms with Crippen LogP contribution >= 0.6 is 0 Å². The number of carbonyl (C=O) groups is 1. The summed E-state index contributed by atoms with van der Waals surface area (Å²) in [6.45, 7) is 8.30. The highest BCUT2D eigenvalue weighted by atomic mass is 16.1. The van der Waals surface area contributed by atoms with E-state index in [2.05, 4.69) is 41.4 Å². The molecule has 1 fully saturated rings. The lowest BCUT2D eigenvalue weighted by atomic mass is 9.86. The number of amides is 1. The molecule has 0 atom stereocenters. The Kier molecular flexibility index (Phi) is 5.25. The molecule has 0 saturated heterocycles. The summed E-state index contributed by atoms with van der Waals surface area (Å²) in [5.74, 6) is 0.341. The minimum absolute atomic E-state index is 0.0549. The lowest BCUT2D eigenvalue weighted by Crippen LogP contribution is -2.22. The van der Waals surface area contributed by atoms with E-state index >= 15 is 0 Å². The summed E-state index contributed by atoms with van der Waals surface area (Å²) in [6.07, 6.45) is 4.75. The summed E-state index contributed by atoms with van der Waals surface area (Å²) in [6, 6.07) is 10.1. The number of hydrogen-bond acceptors (Lipinski definition) is 4. The van der Waals surface area contributed by atoms with Gasteiger partial charge in [0.25, 0.3) is 5.91 Å². The molecule has 2 aromatic rings. The van der Waals surface area contributed by atoms with Crippen molar-refractivity contribution >= 4 is 17.5 Å². The van der Waals surface area contributed by atoms with Crippen LogP contribution in [0.15, 0.2) is 30.3 Å². The highest BCUT2D eigenvalue weighted by Crippen LogP contribution is 2.29. The van der Waals surface area contributed by atoms with Crippen molar-refractivity contribution in [3.05, 3.63) is 47.3 Å². The highest BCUT2D eigenvalue weighted by molar-refractivity contribution is 6.03. The van der Waals surface area contributed by atoms with Gasteiger partial charge in [-0.2, -0.15) is 0 Å². The van der Waals surface area contributed by atoms with E-state index in [-0.39, 0.29) is 11.3 Å². The van der Waals surface area contributed by atoms with Crippen LogP contribution in [0.1, 0.15) is 68.2 Å². The fourth-order valence-corrected chi connectivity index (χ4v) is 3.43. The first-order chi connectivity index (χ1) is 12.3. The molecule has 0 radical (unpaired) electrons. The number of nitrogens with zero attached hydrogens (tertiary/aromatic N) is 2. The molecule has 0 aliphatic heterocycles. The Labute approximate surface area is 155 Å². The largest absolute Gasteiger partial charge is 0.351 e. The van der Waals surface area contributed by atoms with Crippen LogP contribution < -0.4 is 10.6 Å². The van der Waals surface area contributed by atoms with Crippen molar-refractivity contribution in [2.75, 3.05) is 10.6 Å². The van der Waals surface area contributed by atoms with E-state index in [1.807, 2.05) is 31.2 Å². The Morgan fingerprint density at radius 1 is 1.12 bits per heavy atom. The maximum Gasteiger partial charge on any atom is 0.274 e. The van der Waals surface area contributed by atoms with Crippen molar-refractivity contribution in [3.8, 4) is 0 Å². The summed E-state index contributed by atoms with van der Waals surface area (Å²) >= 11 is 0. The number of para-hydroxylation sites is 1. The van der Waals surface area contributed by atoms with Gasteiger partial charge in [-0.25, -0.2) is 9.97 Å². The lowest BCUT2D eigenvalue weighted by molar-refractivity contribution is 0.102. The Bertz CT molecular complexity index is 789. The van der Waals surface area contributed by atoms with Gasteiger partial charge >= 0.3 is 0 Å². The Morgan fingerprint density at radius 3 is 2.50 bits per heavy atom. The maximum atomic E-state index is 12.8. The SMILES string of the molecule is Cc1cc(C(=O)Nc2ccccc2C(C)(C)C)nc(NC2CCCC2)n1. The van der Waals surface area contributed by atoms with Gasteiger partial charge in [-0.05, 0) is 42.9 Å². The molecule has 1 aliphatic carbocycles. The number of carbonyl (C=O) groups excluding carboxylic acids is 1. The first-order valence-corrected chi connectivity index (χ1v) is 9.36. The molecule has 0 unspecified atom stereocenters. The number of anilines is 2. The van der Waals surface area contributed by atoms with Gasteiger partial charge in [0.05, 0.1) is 0 Å². The molecule has 3 rings (SSSR count). The predicted octanol–water partition coefficient (Wildman–Crippen LogP) is 4.69. The summed E-state index contributed by atoms with van der Waals surface area (Å²) < 4.78 is 0. The molecule has 1 amide bonds. The van der Waals surface area contributed by atoms with Gasteiger partial charge in [0.2, 0.25) is 5.95 Å². The first-order valence-electron chi connectivity index (χ1n) is 9.36. The van der Waals surface area contributed by atoms with Crippen LogP contribution in [-0.4, -0.2) is 21.9 Å². The van der Waals surface area contributed by atoms with Gasteiger partial charge in [0, 0.05) is 17.4 Å². The van der Waals surface area contributed by atoms with Crippen LogP contribution in [0.3, 0.4) is 0 Å². The van der Waals surface area contributed by atoms with Crippen molar-refractivity contribution in [1.82, 2.24) is 9.97 Å². The molecule has 138 valence electrons. The second-order valence-electron chi connectivity index (χ2n) is 8.09. The summed E-state index contributed by atoms with van der Waals surface area (Å²) in [4.78, 5) is 21.7. The maximum absolute atomic E-state index is 12.8. The number of nitrogens with one attached hydrogen (secondary N) is 2. The quantitative estimate of drug-likeness (QED) is 0.838.